The molecule has 2 aromatic carbocycles. The first-order chi connectivity index (χ1) is 17.1. The molecule has 0 aliphatic heterocycles. The predicted molar refractivity (Wildman–Crippen MR) is 135 cm³/mol. The lowest BCUT2D eigenvalue weighted by Crippen LogP contribution is -2.18. The van der Waals surface area contributed by atoms with Crippen LogP contribution in [0.25, 0.3) is 22.2 Å². The maximum Gasteiger partial charge on any atom is 0.147 e. The van der Waals surface area contributed by atoms with E-state index in [1.807, 2.05) is 35.8 Å². The van der Waals surface area contributed by atoms with E-state index >= 15 is 0 Å². The molecule has 0 radical (unpaired) electrons. The van der Waals surface area contributed by atoms with Crippen LogP contribution in [-0.4, -0.2) is 28.2 Å². The lowest BCUT2D eigenvalue weighted by Gasteiger charge is -2.20. The van der Waals surface area contributed by atoms with Crippen LogP contribution in [0.1, 0.15) is 36.9 Å². The number of fused-ring (bicyclic) bond motifs is 1. The van der Waals surface area contributed by atoms with Crippen molar-refractivity contribution in [2.24, 2.45) is 0 Å². The number of benzene rings is 2. The van der Waals surface area contributed by atoms with Crippen molar-refractivity contribution in [3.8, 4) is 23.1 Å². The number of hydrogen-bond donors (Lipinski definition) is 1. The Morgan fingerprint density at radius 1 is 1.14 bits per heavy atom. The maximum atomic E-state index is 14.6. The Morgan fingerprint density at radius 2 is 1.91 bits per heavy atom. The zero-order chi connectivity index (χ0) is 24.4. The minimum absolute atomic E-state index is 0.266. The fourth-order valence-corrected chi connectivity index (χ4v) is 5.31. The SMILES string of the molecule is COc1c(C)n(CCNc2cc(-c3ccc(C4(C#N)CCCC4)cc3)ncn2)c2c(F)cccc12. The summed E-state index contributed by atoms with van der Waals surface area (Å²) in [6.07, 6.45) is 5.60. The Hall–Kier alpha value is -3.92. The minimum atomic E-state index is -0.347. The molecule has 1 aliphatic rings. The maximum absolute atomic E-state index is 14.6. The van der Waals surface area contributed by atoms with Crippen LogP contribution in [0.2, 0.25) is 0 Å². The van der Waals surface area contributed by atoms with Crippen molar-refractivity contribution in [2.75, 3.05) is 19.0 Å². The van der Waals surface area contributed by atoms with Gasteiger partial charge in [-0.3, -0.25) is 0 Å². The highest BCUT2D eigenvalue weighted by Gasteiger charge is 2.35. The summed E-state index contributed by atoms with van der Waals surface area (Å²) in [6, 6.07) is 17.7. The summed E-state index contributed by atoms with van der Waals surface area (Å²) in [4.78, 5) is 8.79. The molecule has 5 rings (SSSR count). The highest BCUT2D eigenvalue weighted by Crippen LogP contribution is 2.41. The van der Waals surface area contributed by atoms with E-state index in [2.05, 4.69) is 33.5 Å². The standard InChI is InChI=1S/C28H28FN5O/c1-19-27(35-2)22-6-5-7-23(29)26(22)34(19)15-14-31-25-16-24(32-18-33-25)20-8-10-21(11-9-20)28(17-30)12-3-4-13-28/h5-11,16,18H,3-4,12-15H2,1-2H3,(H,31,32,33). The van der Waals surface area contributed by atoms with Gasteiger partial charge in [0.2, 0.25) is 0 Å². The van der Waals surface area contributed by atoms with Crippen molar-refractivity contribution in [2.45, 2.75) is 44.6 Å². The number of rotatable bonds is 7. The Balaban J connectivity index is 1.31. The van der Waals surface area contributed by atoms with Gasteiger partial charge in [0.05, 0.1) is 35.5 Å². The molecule has 4 aromatic rings. The third kappa shape index (κ3) is 4.10. The number of nitrogens with zero attached hydrogens (tertiary/aromatic N) is 4. The minimum Gasteiger partial charge on any atom is -0.494 e. The number of aromatic nitrogens is 3. The first-order valence-corrected chi connectivity index (χ1v) is 12.0. The monoisotopic (exact) mass is 469 g/mol. The van der Waals surface area contributed by atoms with Crippen LogP contribution in [0.3, 0.4) is 0 Å². The van der Waals surface area contributed by atoms with Gasteiger partial charge in [-0.1, -0.05) is 43.2 Å². The van der Waals surface area contributed by atoms with E-state index in [0.29, 0.717) is 30.2 Å². The fourth-order valence-electron chi connectivity index (χ4n) is 5.31. The van der Waals surface area contributed by atoms with Gasteiger partial charge in [-0.05, 0) is 37.5 Å². The quantitative estimate of drug-likeness (QED) is 0.359. The molecular weight excluding hydrogens is 441 g/mol. The van der Waals surface area contributed by atoms with Gasteiger partial charge in [0.1, 0.15) is 23.7 Å². The van der Waals surface area contributed by atoms with E-state index in [9.17, 15) is 9.65 Å². The van der Waals surface area contributed by atoms with E-state index in [1.54, 1.807) is 19.5 Å². The van der Waals surface area contributed by atoms with Crippen molar-refractivity contribution >= 4 is 16.7 Å². The second-order valence-corrected chi connectivity index (χ2v) is 9.10. The molecule has 0 spiro atoms. The topological polar surface area (TPSA) is 75.8 Å². The molecule has 35 heavy (non-hydrogen) atoms. The number of nitrogens with one attached hydrogen (secondary N) is 1. The molecule has 0 atom stereocenters. The molecule has 0 amide bonds. The van der Waals surface area contributed by atoms with Crippen LogP contribution in [0, 0.1) is 24.1 Å². The van der Waals surface area contributed by atoms with Gasteiger partial charge in [-0.15, -0.1) is 0 Å². The number of methoxy groups -OCH3 is 1. The average Bonchev–Trinajstić information content (AvgIpc) is 3.48. The average molecular weight is 470 g/mol. The Bertz CT molecular complexity index is 1400. The zero-order valence-electron chi connectivity index (χ0n) is 20.0. The summed E-state index contributed by atoms with van der Waals surface area (Å²) < 4.78 is 22.1. The van der Waals surface area contributed by atoms with Crippen molar-refractivity contribution in [1.29, 1.82) is 5.26 Å². The van der Waals surface area contributed by atoms with Crippen LogP contribution in [-0.2, 0) is 12.0 Å². The van der Waals surface area contributed by atoms with Gasteiger partial charge in [0.15, 0.2) is 0 Å². The molecule has 178 valence electrons. The number of para-hydroxylation sites is 1. The zero-order valence-corrected chi connectivity index (χ0v) is 20.0. The molecule has 6 nitrogen and oxygen atoms in total. The first kappa shape index (κ1) is 22.9. The molecule has 2 aromatic heterocycles. The summed E-state index contributed by atoms with van der Waals surface area (Å²) in [7, 11) is 1.61. The molecule has 0 bridgehead atoms. The molecule has 1 fully saturated rings. The smallest absolute Gasteiger partial charge is 0.147 e. The highest BCUT2D eigenvalue weighted by molar-refractivity contribution is 5.89. The molecule has 1 N–H and O–H groups in total. The third-order valence-corrected chi connectivity index (χ3v) is 7.15. The van der Waals surface area contributed by atoms with Crippen molar-refractivity contribution < 1.29 is 9.13 Å². The van der Waals surface area contributed by atoms with E-state index < -0.39 is 0 Å². The fraction of sp³-hybridized carbons (Fsp3) is 0.321. The van der Waals surface area contributed by atoms with E-state index in [0.717, 1.165) is 53.6 Å². The number of hydrogen-bond acceptors (Lipinski definition) is 5. The molecule has 7 heteroatoms. The van der Waals surface area contributed by atoms with Crippen molar-refractivity contribution in [3.05, 3.63) is 71.9 Å². The Kier molecular flexibility index (Phi) is 6.12. The van der Waals surface area contributed by atoms with Crippen LogP contribution < -0.4 is 10.1 Å². The first-order valence-electron chi connectivity index (χ1n) is 12.0. The van der Waals surface area contributed by atoms with Gasteiger partial charge in [0, 0.05) is 30.1 Å². The van der Waals surface area contributed by atoms with Gasteiger partial charge in [0.25, 0.3) is 0 Å². The number of ether oxygens (including phenoxy) is 1. The van der Waals surface area contributed by atoms with E-state index in [1.165, 1.54) is 6.07 Å². The summed E-state index contributed by atoms with van der Waals surface area (Å²) in [5, 5.41) is 13.9. The summed E-state index contributed by atoms with van der Waals surface area (Å²) in [5.74, 6) is 1.13. The highest BCUT2D eigenvalue weighted by atomic mass is 19.1. The summed E-state index contributed by atoms with van der Waals surface area (Å²) in [5.41, 5.74) is 3.95. The Labute approximate surface area is 204 Å². The van der Waals surface area contributed by atoms with E-state index in [-0.39, 0.29) is 11.2 Å². The van der Waals surface area contributed by atoms with Gasteiger partial charge >= 0.3 is 0 Å². The van der Waals surface area contributed by atoms with Crippen LogP contribution >= 0.6 is 0 Å². The Morgan fingerprint density at radius 3 is 2.63 bits per heavy atom. The number of anilines is 1. The summed E-state index contributed by atoms with van der Waals surface area (Å²) >= 11 is 0. The van der Waals surface area contributed by atoms with E-state index in [4.69, 9.17) is 4.74 Å². The largest absolute Gasteiger partial charge is 0.494 e. The van der Waals surface area contributed by atoms with Crippen LogP contribution in [0.5, 0.6) is 5.75 Å². The molecular formula is C28H28FN5O. The summed E-state index contributed by atoms with van der Waals surface area (Å²) in [6.45, 7) is 3.05. The molecule has 2 heterocycles. The van der Waals surface area contributed by atoms with Crippen LogP contribution in [0.15, 0.2) is 54.9 Å². The molecule has 1 saturated carbocycles. The molecule has 0 unspecified atom stereocenters. The normalized spacial score (nSPS) is 14.7. The lowest BCUT2D eigenvalue weighted by atomic mass is 9.80. The molecule has 0 saturated heterocycles. The van der Waals surface area contributed by atoms with Crippen LogP contribution in [0.4, 0.5) is 10.2 Å². The predicted octanol–water partition coefficient (Wildman–Crippen LogP) is 6.00. The van der Waals surface area contributed by atoms with Gasteiger partial charge in [-0.25, -0.2) is 14.4 Å². The second-order valence-electron chi connectivity index (χ2n) is 9.10. The lowest BCUT2D eigenvalue weighted by molar-refractivity contribution is 0.414. The molecule has 1 aliphatic carbocycles. The second kappa shape index (κ2) is 9.38. The number of nitriles is 1. The van der Waals surface area contributed by atoms with Crippen molar-refractivity contribution in [1.82, 2.24) is 14.5 Å². The van der Waals surface area contributed by atoms with Gasteiger partial charge < -0.3 is 14.6 Å². The number of halogens is 1. The third-order valence-electron chi connectivity index (χ3n) is 7.15. The van der Waals surface area contributed by atoms with Gasteiger partial charge in [-0.2, -0.15) is 5.26 Å². The van der Waals surface area contributed by atoms with Crippen molar-refractivity contribution in [3.63, 3.8) is 0 Å².